The van der Waals surface area contributed by atoms with Crippen LogP contribution in [0.1, 0.15) is 51.9 Å². The lowest BCUT2D eigenvalue weighted by Gasteiger charge is -2.25. The number of hydrogen-bond acceptors (Lipinski definition) is 3. The topological polar surface area (TPSA) is 52.4 Å². The summed E-state index contributed by atoms with van der Waals surface area (Å²) in [6.07, 6.45) is 5.06. The normalized spacial score (nSPS) is 15.4. The predicted molar refractivity (Wildman–Crippen MR) is 91.7 cm³/mol. The number of pyridine rings is 1. The van der Waals surface area contributed by atoms with Crippen molar-refractivity contribution in [2.75, 3.05) is 0 Å². The zero-order valence-corrected chi connectivity index (χ0v) is 15.5. The number of nitrogens with one attached hydrogen (secondary N) is 1. The molecule has 0 amide bonds. The minimum atomic E-state index is -1.11. The third-order valence-electron chi connectivity index (χ3n) is 3.27. The molecule has 0 aromatic carbocycles. The first-order chi connectivity index (χ1) is 9.72. The summed E-state index contributed by atoms with van der Waals surface area (Å²) in [6.45, 7) is 9.98. The maximum absolute atomic E-state index is 12.2. The Kier molecular flexibility index (Phi) is 5.03. The van der Waals surface area contributed by atoms with Gasteiger partial charge in [-0.3, -0.25) is 0 Å². The average Bonchev–Trinajstić information content (AvgIpc) is 2.81. The van der Waals surface area contributed by atoms with Gasteiger partial charge in [-0.1, -0.05) is 6.92 Å². The predicted octanol–water partition coefficient (Wildman–Crippen LogP) is 3.77. The molecule has 1 unspecified atom stereocenters. The molecule has 2 aromatic rings. The first-order valence-corrected chi connectivity index (χ1v) is 9.01. The Morgan fingerprint density at radius 1 is 1.43 bits per heavy atom. The maximum Gasteiger partial charge on any atom is 0.151 e. The van der Waals surface area contributed by atoms with Crippen LogP contribution in [0.15, 0.2) is 22.9 Å². The zero-order chi connectivity index (χ0) is 15.8. The molecule has 0 aliphatic rings. The first-order valence-electron chi connectivity index (χ1n) is 7.07. The molecule has 0 radical (unpaired) electrons. The molecule has 21 heavy (non-hydrogen) atoms. The highest BCUT2D eigenvalue weighted by Gasteiger charge is 2.29. The lowest BCUT2D eigenvalue weighted by Crippen LogP contribution is -2.40. The summed E-state index contributed by atoms with van der Waals surface area (Å²) in [6, 6.07) is 2.03. The Hall–Kier alpha value is -0.560. The molecule has 2 heterocycles. The Balaban J connectivity index is 2.28. The highest BCUT2D eigenvalue weighted by Crippen LogP contribution is 2.24. The van der Waals surface area contributed by atoms with E-state index < -0.39 is 11.4 Å². The fourth-order valence-electron chi connectivity index (χ4n) is 1.93. The van der Waals surface area contributed by atoms with Gasteiger partial charge in [0.15, 0.2) is 5.65 Å². The number of aromatic nitrogens is 2. The number of aryl methyl sites for hydroxylation is 1. The van der Waals surface area contributed by atoms with Crippen LogP contribution in [0, 0.1) is 0 Å². The molecule has 2 rings (SSSR count). The van der Waals surface area contributed by atoms with E-state index in [2.05, 4.69) is 44.8 Å². The third kappa shape index (κ3) is 3.80. The summed E-state index contributed by atoms with van der Waals surface area (Å²) >= 11 is 2.46. The van der Waals surface area contributed by atoms with E-state index in [1.54, 1.807) is 0 Å². The molecule has 0 bridgehead atoms. The third-order valence-corrected chi connectivity index (χ3v) is 5.54. The average molecular weight is 372 g/mol. The summed E-state index contributed by atoms with van der Waals surface area (Å²) in [5.74, 6) is 0. The molecule has 0 saturated heterocycles. The number of rotatable bonds is 4. The number of fused-ring (bicyclic) bond motifs is 1. The summed E-state index contributed by atoms with van der Waals surface area (Å²) in [5.41, 5.74) is 3.02. The largest absolute Gasteiger partial charge is 0.598 e. The second-order valence-electron chi connectivity index (χ2n) is 6.17. The number of hydrogen-bond donors (Lipinski definition) is 1. The van der Waals surface area contributed by atoms with Crippen molar-refractivity contribution in [1.29, 1.82) is 0 Å². The molecule has 0 fully saturated rings. The Labute approximate surface area is 137 Å². The molecule has 0 spiro atoms. The smallest absolute Gasteiger partial charge is 0.151 e. The molecule has 0 aliphatic carbocycles. The number of imidazole rings is 1. The fourth-order valence-corrected chi connectivity index (χ4v) is 3.31. The molecule has 0 saturated carbocycles. The molecule has 2 aromatic heterocycles. The van der Waals surface area contributed by atoms with Crippen molar-refractivity contribution in [3.05, 3.63) is 34.2 Å². The van der Waals surface area contributed by atoms with Crippen molar-refractivity contribution < 1.29 is 4.55 Å². The quantitative estimate of drug-likeness (QED) is 0.832. The van der Waals surface area contributed by atoms with E-state index in [0.29, 0.717) is 0 Å². The summed E-state index contributed by atoms with van der Waals surface area (Å²) in [7, 11) is 0. The molecule has 0 aliphatic heterocycles. The van der Waals surface area contributed by atoms with E-state index in [0.717, 1.165) is 22.2 Å². The first kappa shape index (κ1) is 16.8. The van der Waals surface area contributed by atoms with E-state index in [1.165, 1.54) is 5.56 Å². The SMILES string of the molecule is CCc1cc(Br)c2nc([C@@H](C)N[S+]([O-])C(C)(C)C)cn2c1. The number of halogens is 1. The van der Waals surface area contributed by atoms with E-state index in [1.807, 2.05) is 38.3 Å². The molecule has 6 heteroatoms. The Morgan fingerprint density at radius 3 is 2.67 bits per heavy atom. The van der Waals surface area contributed by atoms with Crippen molar-refractivity contribution in [3.8, 4) is 0 Å². The van der Waals surface area contributed by atoms with Gasteiger partial charge in [0, 0.05) is 23.8 Å². The van der Waals surface area contributed by atoms with Gasteiger partial charge in [0.25, 0.3) is 0 Å². The summed E-state index contributed by atoms with van der Waals surface area (Å²) < 4.78 is 18.0. The second-order valence-corrected chi connectivity index (χ2v) is 9.02. The lowest BCUT2D eigenvalue weighted by molar-refractivity contribution is 0.529. The van der Waals surface area contributed by atoms with Crippen molar-refractivity contribution in [1.82, 2.24) is 14.1 Å². The van der Waals surface area contributed by atoms with Crippen LogP contribution in [0.3, 0.4) is 0 Å². The van der Waals surface area contributed by atoms with Gasteiger partial charge in [-0.25, -0.2) is 4.98 Å². The van der Waals surface area contributed by atoms with Crippen LogP contribution in [-0.2, 0) is 17.8 Å². The van der Waals surface area contributed by atoms with Crippen LogP contribution in [0.25, 0.3) is 5.65 Å². The van der Waals surface area contributed by atoms with Crippen LogP contribution in [0.4, 0.5) is 0 Å². The van der Waals surface area contributed by atoms with Gasteiger partial charge in [-0.2, -0.15) is 0 Å². The molecular weight excluding hydrogens is 350 g/mol. The molecule has 4 nitrogen and oxygen atoms in total. The molecular formula is C15H22BrN3OS. The standard InChI is InChI=1S/C15H22BrN3OS/c1-6-11-7-12(16)14-17-13(9-19(14)8-11)10(2)18-21(20)15(3,4)5/h7-10,18H,6H2,1-5H3/t10-,21?/m1/s1. The van der Waals surface area contributed by atoms with E-state index in [-0.39, 0.29) is 10.8 Å². The highest BCUT2D eigenvalue weighted by molar-refractivity contribution is 9.10. The lowest BCUT2D eigenvalue weighted by atomic mass is 10.2. The monoisotopic (exact) mass is 371 g/mol. The van der Waals surface area contributed by atoms with Crippen LogP contribution in [0.2, 0.25) is 0 Å². The number of nitrogens with zero attached hydrogens (tertiary/aromatic N) is 2. The van der Waals surface area contributed by atoms with E-state index in [4.69, 9.17) is 0 Å². The van der Waals surface area contributed by atoms with Crippen molar-refractivity contribution in [3.63, 3.8) is 0 Å². The van der Waals surface area contributed by atoms with Crippen molar-refractivity contribution >= 4 is 32.9 Å². The van der Waals surface area contributed by atoms with Crippen LogP contribution >= 0.6 is 15.9 Å². The minimum absolute atomic E-state index is 0.0677. The molecule has 1 N–H and O–H groups in total. The van der Waals surface area contributed by atoms with Gasteiger partial charge in [0.1, 0.15) is 4.75 Å². The van der Waals surface area contributed by atoms with Crippen LogP contribution in [0.5, 0.6) is 0 Å². The van der Waals surface area contributed by atoms with Crippen LogP contribution < -0.4 is 4.72 Å². The molecule has 116 valence electrons. The second kappa shape index (κ2) is 6.28. The van der Waals surface area contributed by atoms with Gasteiger partial charge in [0.2, 0.25) is 0 Å². The Morgan fingerprint density at radius 2 is 2.10 bits per heavy atom. The van der Waals surface area contributed by atoms with Crippen molar-refractivity contribution in [2.24, 2.45) is 0 Å². The van der Waals surface area contributed by atoms with Crippen molar-refractivity contribution in [2.45, 2.75) is 51.8 Å². The van der Waals surface area contributed by atoms with Gasteiger partial charge in [-0.15, -0.1) is 4.72 Å². The summed E-state index contributed by atoms with van der Waals surface area (Å²) in [5, 5.41) is 0. The minimum Gasteiger partial charge on any atom is -0.598 e. The maximum atomic E-state index is 12.2. The van der Waals surface area contributed by atoms with Gasteiger partial charge in [-0.05, 0) is 61.7 Å². The van der Waals surface area contributed by atoms with Crippen LogP contribution in [-0.4, -0.2) is 18.7 Å². The van der Waals surface area contributed by atoms with E-state index in [9.17, 15) is 4.55 Å². The highest BCUT2D eigenvalue weighted by atomic mass is 79.9. The van der Waals surface area contributed by atoms with Gasteiger partial charge in [0.05, 0.1) is 16.2 Å². The van der Waals surface area contributed by atoms with E-state index >= 15 is 0 Å². The zero-order valence-electron chi connectivity index (χ0n) is 13.1. The van der Waals surface area contributed by atoms with Gasteiger partial charge >= 0.3 is 0 Å². The molecule has 2 atom stereocenters. The fraction of sp³-hybridized carbons (Fsp3) is 0.533. The summed E-state index contributed by atoms with van der Waals surface area (Å²) in [4.78, 5) is 4.64. The Bertz CT molecular complexity index is 636. The van der Waals surface area contributed by atoms with Gasteiger partial charge < -0.3 is 8.95 Å².